The summed E-state index contributed by atoms with van der Waals surface area (Å²) in [5.41, 5.74) is 7.97. The molecule has 3 rings (SSSR count). The first-order chi connectivity index (χ1) is 12.0. The van der Waals surface area contributed by atoms with Crippen LogP contribution in [-0.4, -0.2) is 12.5 Å². The maximum atomic E-state index is 12.4. The van der Waals surface area contributed by atoms with Crippen molar-refractivity contribution in [1.29, 1.82) is 0 Å². The van der Waals surface area contributed by atoms with Crippen molar-refractivity contribution in [2.45, 2.75) is 32.7 Å². The number of halogens is 3. The molecule has 0 aliphatic heterocycles. The molecule has 0 saturated heterocycles. The normalized spacial score (nSPS) is 18.3. The van der Waals surface area contributed by atoms with Crippen LogP contribution in [0.5, 0.6) is 5.75 Å². The summed E-state index contributed by atoms with van der Waals surface area (Å²) in [6.07, 6.45) is -5.41. The fourth-order valence-electron chi connectivity index (χ4n) is 3.40. The quantitative estimate of drug-likeness (QED) is 0.835. The van der Waals surface area contributed by atoms with Crippen LogP contribution in [0.1, 0.15) is 31.1 Å². The molecule has 0 radical (unpaired) electrons. The molecule has 0 bridgehead atoms. The number of hydrogen-bond acceptors (Lipinski definition) is 3. The number of fused-ring (bicyclic) bond motifs is 1. The van der Waals surface area contributed by atoms with Crippen molar-refractivity contribution in [3.8, 4) is 16.9 Å². The van der Waals surface area contributed by atoms with Gasteiger partial charge in [-0.25, -0.2) is 4.79 Å². The minimum atomic E-state index is -4.75. The highest BCUT2D eigenvalue weighted by molar-refractivity contribution is 5.68. The molecule has 4 nitrogen and oxygen atoms in total. The highest BCUT2D eigenvalue weighted by Gasteiger charge is 2.41. The average Bonchev–Trinajstić information content (AvgIpc) is 2.75. The largest absolute Gasteiger partial charge is 0.573 e. The van der Waals surface area contributed by atoms with Gasteiger partial charge < -0.3 is 15.2 Å². The Hall–Kier alpha value is -2.70. The first-order valence-corrected chi connectivity index (χ1v) is 8.00. The van der Waals surface area contributed by atoms with Gasteiger partial charge >= 0.3 is 12.5 Å². The second-order valence-corrected chi connectivity index (χ2v) is 6.97. The fraction of sp³-hybridized carbons (Fsp3) is 0.316. The van der Waals surface area contributed by atoms with Crippen LogP contribution in [0.3, 0.4) is 0 Å². The molecule has 1 aliphatic carbocycles. The van der Waals surface area contributed by atoms with Crippen molar-refractivity contribution in [2.75, 3.05) is 0 Å². The standard InChI is InChI=1S/C19H18F3NO3/c1-18(2)10-13-7-6-12(9-15(13)16(18)25-17(23)24)11-4-3-5-14(8-11)26-19(20,21)22/h3-9,16H,10H2,1-2H3,(H2,23,24). The van der Waals surface area contributed by atoms with Crippen molar-refractivity contribution < 1.29 is 27.4 Å². The van der Waals surface area contributed by atoms with Crippen molar-refractivity contribution in [2.24, 2.45) is 11.1 Å². The summed E-state index contributed by atoms with van der Waals surface area (Å²) in [4.78, 5) is 11.3. The Kier molecular flexibility index (Phi) is 4.34. The molecule has 0 fully saturated rings. The Morgan fingerprint density at radius 1 is 1.15 bits per heavy atom. The zero-order valence-electron chi connectivity index (χ0n) is 14.3. The summed E-state index contributed by atoms with van der Waals surface area (Å²) in [5.74, 6) is -0.291. The van der Waals surface area contributed by atoms with Gasteiger partial charge in [-0.15, -0.1) is 13.2 Å². The van der Waals surface area contributed by atoms with Crippen LogP contribution in [0.4, 0.5) is 18.0 Å². The van der Waals surface area contributed by atoms with Crippen LogP contribution in [0.25, 0.3) is 11.1 Å². The van der Waals surface area contributed by atoms with Gasteiger partial charge in [0.15, 0.2) is 0 Å². The molecule has 0 aromatic heterocycles. The van der Waals surface area contributed by atoms with Crippen LogP contribution in [0, 0.1) is 5.41 Å². The lowest BCUT2D eigenvalue weighted by Gasteiger charge is -2.26. The zero-order valence-corrected chi connectivity index (χ0v) is 14.3. The Labute approximate surface area is 148 Å². The molecule has 2 aromatic rings. The van der Waals surface area contributed by atoms with Crippen LogP contribution < -0.4 is 10.5 Å². The van der Waals surface area contributed by atoms with Gasteiger partial charge in [0, 0.05) is 5.41 Å². The van der Waals surface area contributed by atoms with Gasteiger partial charge in [-0.3, -0.25) is 0 Å². The van der Waals surface area contributed by atoms with E-state index >= 15 is 0 Å². The third-order valence-electron chi connectivity index (χ3n) is 4.42. The van der Waals surface area contributed by atoms with E-state index in [9.17, 15) is 18.0 Å². The lowest BCUT2D eigenvalue weighted by molar-refractivity contribution is -0.274. The van der Waals surface area contributed by atoms with Gasteiger partial charge in [0.05, 0.1) is 0 Å². The number of rotatable bonds is 3. The predicted molar refractivity (Wildman–Crippen MR) is 89.5 cm³/mol. The van der Waals surface area contributed by atoms with Crippen molar-refractivity contribution >= 4 is 6.09 Å². The number of amides is 1. The number of ether oxygens (including phenoxy) is 2. The second kappa shape index (κ2) is 6.23. The number of primary amides is 1. The molecule has 7 heteroatoms. The molecule has 1 unspecified atom stereocenters. The lowest BCUT2D eigenvalue weighted by atomic mass is 9.87. The monoisotopic (exact) mass is 365 g/mol. The van der Waals surface area contributed by atoms with E-state index in [1.54, 1.807) is 6.07 Å². The Bertz CT molecular complexity index is 846. The van der Waals surface area contributed by atoms with E-state index in [1.165, 1.54) is 18.2 Å². The molecule has 2 N–H and O–H groups in total. The first kappa shape index (κ1) is 18.1. The van der Waals surface area contributed by atoms with E-state index in [0.717, 1.165) is 11.1 Å². The van der Waals surface area contributed by atoms with Crippen molar-refractivity contribution in [3.05, 3.63) is 53.6 Å². The Morgan fingerprint density at radius 2 is 1.85 bits per heavy atom. The molecule has 1 atom stereocenters. The van der Waals surface area contributed by atoms with Gasteiger partial charge in [-0.05, 0) is 46.9 Å². The fourth-order valence-corrected chi connectivity index (χ4v) is 3.40. The summed E-state index contributed by atoms with van der Waals surface area (Å²) in [5, 5.41) is 0. The number of hydrogen-bond donors (Lipinski definition) is 1. The smallest absolute Gasteiger partial charge is 0.441 e. The lowest BCUT2D eigenvalue weighted by Crippen LogP contribution is -2.25. The van der Waals surface area contributed by atoms with Crippen molar-refractivity contribution in [3.63, 3.8) is 0 Å². The topological polar surface area (TPSA) is 61.6 Å². The molecule has 0 heterocycles. The average molecular weight is 365 g/mol. The van der Waals surface area contributed by atoms with Crippen LogP contribution in [-0.2, 0) is 11.2 Å². The molecule has 2 aromatic carbocycles. The minimum Gasteiger partial charge on any atom is -0.441 e. The number of alkyl halides is 3. The van der Waals surface area contributed by atoms with E-state index in [0.29, 0.717) is 17.5 Å². The third kappa shape index (κ3) is 3.76. The molecule has 26 heavy (non-hydrogen) atoms. The maximum Gasteiger partial charge on any atom is 0.573 e. The SMILES string of the molecule is CC1(C)Cc2ccc(-c3cccc(OC(F)(F)F)c3)cc2C1OC(N)=O. The van der Waals surface area contributed by atoms with Crippen LogP contribution in [0.15, 0.2) is 42.5 Å². The summed E-state index contributed by atoms with van der Waals surface area (Å²) < 4.78 is 46.6. The summed E-state index contributed by atoms with van der Waals surface area (Å²) >= 11 is 0. The zero-order chi connectivity index (χ0) is 19.1. The molecule has 0 saturated carbocycles. The van der Waals surface area contributed by atoms with Crippen LogP contribution in [0.2, 0.25) is 0 Å². The molecule has 0 spiro atoms. The predicted octanol–water partition coefficient (Wildman–Crippen LogP) is 4.97. The van der Waals surface area contributed by atoms with E-state index in [1.807, 2.05) is 32.0 Å². The Morgan fingerprint density at radius 3 is 2.50 bits per heavy atom. The highest BCUT2D eigenvalue weighted by Crippen LogP contribution is 2.48. The number of nitrogens with two attached hydrogens (primary N) is 1. The van der Waals surface area contributed by atoms with Gasteiger partial charge in [-0.1, -0.05) is 38.1 Å². The van der Waals surface area contributed by atoms with E-state index < -0.39 is 18.6 Å². The molecule has 1 amide bonds. The summed E-state index contributed by atoms with van der Waals surface area (Å²) in [6.45, 7) is 3.94. The Balaban J connectivity index is 1.97. The van der Waals surface area contributed by atoms with Gasteiger partial charge in [-0.2, -0.15) is 0 Å². The van der Waals surface area contributed by atoms with Gasteiger partial charge in [0.25, 0.3) is 0 Å². The van der Waals surface area contributed by atoms with Gasteiger partial charge in [0.2, 0.25) is 0 Å². The number of carbonyl (C=O) groups excluding carboxylic acids is 1. The molecule has 138 valence electrons. The highest BCUT2D eigenvalue weighted by atomic mass is 19.4. The third-order valence-corrected chi connectivity index (χ3v) is 4.42. The van der Waals surface area contributed by atoms with E-state index in [-0.39, 0.29) is 11.2 Å². The second-order valence-electron chi connectivity index (χ2n) is 6.97. The van der Waals surface area contributed by atoms with E-state index in [4.69, 9.17) is 10.5 Å². The summed E-state index contributed by atoms with van der Waals surface area (Å²) in [7, 11) is 0. The number of carbonyl (C=O) groups is 1. The maximum absolute atomic E-state index is 12.4. The first-order valence-electron chi connectivity index (χ1n) is 8.00. The minimum absolute atomic E-state index is 0.291. The van der Waals surface area contributed by atoms with Crippen LogP contribution >= 0.6 is 0 Å². The van der Waals surface area contributed by atoms with Gasteiger partial charge in [0.1, 0.15) is 11.9 Å². The van der Waals surface area contributed by atoms with E-state index in [2.05, 4.69) is 4.74 Å². The summed E-state index contributed by atoms with van der Waals surface area (Å²) in [6, 6.07) is 11.3. The number of benzene rings is 2. The van der Waals surface area contributed by atoms with Crippen molar-refractivity contribution in [1.82, 2.24) is 0 Å². The molecular formula is C19H18F3NO3. The molecular weight excluding hydrogens is 347 g/mol. The molecule has 1 aliphatic rings.